The SMILES string of the molecule is CC(=O)N(C)C1C[C@@H]2[C@H](C1)[C@@H]2c1cc(I)nn1C(C)C. The quantitative estimate of drug-likeness (QED) is 0.748. The minimum Gasteiger partial charge on any atom is -0.343 e. The van der Waals surface area contributed by atoms with E-state index in [1.807, 2.05) is 11.9 Å². The highest BCUT2D eigenvalue weighted by Gasteiger charge is 2.58. The van der Waals surface area contributed by atoms with Crippen LogP contribution in [0.3, 0.4) is 0 Å². The van der Waals surface area contributed by atoms with Crippen molar-refractivity contribution < 1.29 is 4.79 Å². The van der Waals surface area contributed by atoms with Crippen LogP contribution in [0.5, 0.6) is 0 Å². The van der Waals surface area contributed by atoms with E-state index in [-0.39, 0.29) is 5.91 Å². The number of amides is 1. The Hall–Kier alpha value is -0.590. The van der Waals surface area contributed by atoms with Crippen molar-refractivity contribution in [3.8, 4) is 0 Å². The summed E-state index contributed by atoms with van der Waals surface area (Å²) in [5.74, 6) is 2.37. The van der Waals surface area contributed by atoms with E-state index in [1.54, 1.807) is 6.92 Å². The number of hydrogen-bond donors (Lipinski definition) is 0. The molecule has 1 heterocycles. The van der Waals surface area contributed by atoms with Crippen molar-refractivity contribution in [3.05, 3.63) is 15.5 Å². The molecule has 1 unspecified atom stereocenters. The first kappa shape index (κ1) is 14.4. The fourth-order valence-electron chi connectivity index (χ4n) is 3.86. The van der Waals surface area contributed by atoms with Crippen LogP contribution < -0.4 is 0 Å². The molecule has 5 heteroatoms. The number of rotatable bonds is 3. The molecule has 1 aromatic heterocycles. The van der Waals surface area contributed by atoms with Crippen molar-refractivity contribution in [1.82, 2.24) is 14.7 Å². The second-order valence-electron chi connectivity index (χ2n) is 6.54. The smallest absolute Gasteiger partial charge is 0.219 e. The van der Waals surface area contributed by atoms with Crippen LogP contribution in [0.2, 0.25) is 0 Å². The third-order valence-electron chi connectivity index (χ3n) is 5.03. The van der Waals surface area contributed by atoms with Crippen LogP contribution in [0.15, 0.2) is 6.07 Å². The Labute approximate surface area is 134 Å². The van der Waals surface area contributed by atoms with Gasteiger partial charge in [-0.15, -0.1) is 0 Å². The Kier molecular flexibility index (Phi) is 3.59. The molecular weight excluding hydrogens is 365 g/mol. The van der Waals surface area contributed by atoms with Crippen LogP contribution in [0.25, 0.3) is 0 Å². The topological polar surface area (TPSA) is 38.1 Å². The molecule has 2 aliphatic rings. The second kappa shape index (κ2) is 5.00. The van der Waals surface area contributed by atoms with Gasteiger partial charge >= 0.3 is 0 Å². The predicted molar refractivity (Wildman–Crippen MR) is 86.5 cm³/mol. The third kappa shape index (κ3) is 2.27. The first-order valence-electron chi connectivity index (χ1n) is 7.38. The first-order chi connectivity index (χ1) is 9.40. The minimum absolute atomic E-state index is 0.189. The number of carbonyl (C=O) groups is 1. The van der Waals surface area contributed by atoms with Crippen LogP contribution in [0, 0.1) is 15.5 Å². The summed E-state index contributed by atoms with van der Waals surface area (Å²) in [7, 11) is 1.94. The summed E-state index contributed by atoms with van der Waals surface area (Å²) < 4.78 is 3.28. The van der Waals surface area contributed by atoms with Gasteiger partial charge in [0.05, 0.1) is 0 Å². The summed E-state index contributed by atoms with van der Waals surface area (Å²) in [6.45, 7) is 6.05. The zero-order chi connectivity index (χ0) is 14.6. The minimum atomic E-state index is 0.189. The molecule has 2 fully saturated rings. The van der Waals surface area contributed by atoms with Gasteiger partial charge in [0.25, 0.3) is 0 Å². The first-order valence-corrected chi connectivity index (χ1v) is 8.46. The molecule has 1 aromatic rings. The van der Waals surface area contributed by atoms with Crippen LogP contribution >= 0.6 is 22.6 Å². The van der Waals surface area contributed by atoms with Crippen molar-refractivity contribution in [2.24, 2.45) is 11.8 Å². The van der Waals surface area contributed by atoms with Gasteiger partial charge in [0.15, 0.2) is 0 Å². The van der Waals surface area contributed by atoms with Gasteiger partial charge in [-0.2, -0.15) is 5.10 Å². The van der Waals surface area contributed by atoms with Gasteiger partial charge in [-0.25, -0.2) is 0 Å². The fourth-order valence-corrected chi connectivity index (χ4v) is 4.42. The van der Waals surface area contributed by atoms with Gasteiger partial charge in [-0.1, -0.05) is 0 Å². The number of halogens is 1. The predicted octanol–water partition coefficient (Wildman–Crippen LogP) is 3.04. The van der Waals surface area contributed by atoms with E-state index < -0.39 is 0 Å². The Morgan fingerprint density at radius 3 is 2.55 bits per heavy atom. The molecule has 3 rings (SSSR count). The Morgan fingerprint density at radius 2 is 2.05 bits per heavy atom. The van der Waals surface area contributed by atoms with Crippen molar-refractivity contribution in [2.45, 2.75) is 51.6 Å². The maximum Gasteiger partial charge on any atom is 0.219 e. The zero-order valence-corrected chi connectivity index (χ0v) is 14.7. The van der Waals surface area contributed by atoms with E-state index in [2.05, 4.69) is 52.3 Å². The monoisotopic (exact) mass is 387 g/mol. The highest BCUT2D eigenvalue weighted by molar-refractivity contribution is 14.1. The van der Waals surface area contributed by atoms with Crippen LogP contribution in [0.1, 0.15) is 51.3 Å². The average molecular weight is 387 g/mol. The van der Waals surface area contributed by atoms with Crippen molar-refractivity contribution in [3.63, 3.8) is 0 Å². The Bertz CT molecular complexity index is 527. The van der Waals surface area contributed by atoms with Gasteiger partial charge in [-0.05, 0) is 67.2 Å². The van der Waals surface area contributed by atoms with Gasteiger partial charge < -0.3 is 4.90 Å². The molecular formula is C15H22IN3O. The van der Waals surface area contributed by atoms with Gasteiger partial charge in [0.1, 0.15) is 3.70 Å². The summed E-state index contributed by atoms with van der Waals surface area (Å²) in [5, 5.41) is 4.62. The van der Waals surface area contributed by atoms with E-state index in [0.29, 0.717) is 18.0 Å². The Morgan fingerprint density at radius 1 is 1.45 bits per heavy atom. The van der Waals surface area contributed by atoms with Crippen LogP contribution in [-0.4, -0.2) is 33.7 Å². The largest absolute Gasteiger partial charge is 0.343 e. The number of hydrogen-bond acceptors (Lipinski definition) is 2. The molecule has 4 nitrogen and oxygen atoms in total. The molecule has 0 aliphatic heterocycles. The molecule has 0 aromatic carbocycles. The lowest BCUT2D eigenvalue weighted by molar-refractivity contribution is -0.129. The van der Waals surface area contributed by atoms with Crippen molar-refractivity contribution in [2.75, 3.05) is 7.05 Å². The molecule has 0 spiro atoms. The molecule has 110 valence electrons. The lowest BCUT2D eigenvalue weighted by atomic mass is 10.0. The standard InChI is InChI=1S/C15H22IN3O/c1-8(2)19-13(7-14(16)17-19)15-11-5-10(6-12(11)15)18(4)9(3)20/h7-8,10-12,15H,5-6H2,1-4H3/t10?,11-,12+,15-. The summed E-state index contributed by atoms with van der Waals surface area (Å²) in [5.41, 5.74) is 1.41. The third-order valence-corrected chi connectivity index (χ3v) is 5.56. The van der Waals surface area contributed by atoms with E-state index in [0.717, 1.165) is 28.4 Å². The summed E-state index contributed by atoms with van der Waals surface area (Å²) in [6.07, 6.45) is 2.32. The number of fused-ring (bicyclic) bond motifs is 1. The number of aromatic nitrogens is 2. The molecule has 0 saturated heterocycles. The van der Waals surface area contributed by atoms with E-state index in [4.69, 9.17) is 0 Å². The number of nitrogens with zero attached hydrogens (tertiary/aromatic N) is 3. The van der Waals surface area contributed by atoms with Gasteiger partial charge in [0.2, 0.25) is 5.91 Å². The maximum atomic E-state index is 11.5. The summed E-state index contributed by atoms with van der Waals surface area (Å²) in [4.78, 5) is 13.4. The Balaban J connectivity index is 1.72. The lowest BCUT2D eigenvalue weighted by Crippen LogP contribution is -2.34. The highest BCUT2D eigenvalue weighted by atomic mass is 127. The summed E-state index contributed by atoms with van der Waals surface area (Å²) >= 11 is 2.30. The molecule has 4 atom stereocenters. The molecule has 20 heavy (non-hydrogen) atoms. The summed E-state index contributed by atoms with van der Waals surface area (Å²) in [6, 6.07) is 3.12. The lowest BCUT2D eigenvalue weighted by Gasteiger charge is -2.25. The average Bonchev–Trinajstić information content (AvgIpc) is 2.77. The molecule has 2 saturated carbocycles. The molecule has 2 aliphatic carbocycles. The van der Waals surface area contributed by atoms with Crippen LogP contribution in [-0.2, 0) is 4.79 Å². The maximum absolute atomic E-state index is 11.5. The number of carbonyl (C=O) groups excluding carboxylic acids is 1. The normalized spacial score (nSPS) is 31.5. The van der Waals surface area contributed by atoms with Gasteiger partial charge in [-0.3, -0.25) is 9.48 Å². The zero-order valence-electron chi connectivity index (χ0n) is 12.5. The van der Waals surface area contributed by atoms with Gasteiger partial charge in [0, 0.05) is 37.7 Å². The highest BCUT2D eigenvalue weighted by Crippen LogP contribution is 2.64. The fraction of sp³-hybridized carbons (Fsp3) is 0.733. The van der Waals surface area contributed by atoms with Crippen molar-refractivity contribution in [1.29, 1.82) is 0 Å². The molecule has 0 radical (unpaired) electrons. The van der Waals surface area contributed by atoms with Crippen molar-refractivity contribution >= 4 is 28.5 Å². The second-order valence-corrected chi connectivity index (χ2v) is 7.64. The molecule has 0 N–H and O–H groups in total. The van der Waals surface area contributed by atoms with E-state index in [9.17, 15) is 4.79 Å². The van der Waals surface area contributed by atoms with E-state index in [1.165, 1.54) is 5.69 Å². The van der Waals surface area contributed by atoms with Crippen LogP contribution in [0.4, 0.5) is 0 Å². The molecule has 1 amide bonds. The van der Waals surface area contributed by atoms with E-state index >= 15 is 0 Å². The molecule has 0 bridgehead atoms.